The lowest BCUT2D eigenvalue weighted by Gasteiger charge is -2.36. The fourth-order valence-electron chi connectivity index (χ4n) is 3.51. The zero-order valence-electron chi connectivity index (χ0n) is 14.0. The lowest BCUT2D eigenvalue weighted by Crippen LogP contribution is -2.49. The number of pyridine rings is 1. The molecule has 1 fully saturated rings. The van der Waals surface area contributed by atoms with Crippen molar-refractivity contribution >= 4 is 11.6 Å². The number of rotatable bonds is 3. The number of anilines is 1. The first-order valence-electron chi connectivity index (χ1n) is 8.56. The Labute approximate surface area is 136 Å². The highest BCUT2D eigenvalue weighted by Crippen LogP contribution is 2.23. The normalized spacial score (nSPS) is 18.7. The van der Waals surface area contributed by atoms with Crippen LogP contribution in [0.4, 0.5) is 5.69 Å². The van der Waals surface area contributed by atoms with Crippen molar-refractivity contribution in [2.24, 2.45) is 5.92 Å². The highest BCUT2D eigenvalue weighted by Gasteiger charge is 2.26. The molecule has 2 aliphatic rings. The van der Waals surface area contributed by atoms with E-state index >= 15 is 0 Å². The molecule has 0 atom stereocenters. The van der Waals surface area contributed by atoms with E-state index in [9.17, 15) is 9.59 Å². The third-order valence-electron chi connectivity index (χ3n) is 4.62. The minimum Gasteiger partial charge on any atom is -0.380 e. The van der Waals surface area contributed by atoms with E-state index in [2.05, 4.69) is 29.0 Å². The van der Waals surface area contributed by atoms with Crippen LogP contribution >= 0.6 is 0 Å². The van der Waals surface area contributed by atoms with Crippen molar-refractivity contribution in [1.29, 1.82) is 0 Å². The maximum Gasteiger partial charge on any atom is 0.271 e. The van der Waals surface area contributed by atoms with Crippen LogP contribution in [0.1, 0.15) is 36.2 Å². The zero-order chi connectivity index (χ0) is 16.4. The summed E-state index contributed by atoms with van der Waals surface area (Å²) in [5.41, 5.74) is 2.00. The van der Waals surface area contributed by atoms with Crippen LogP contribution in [0, 0.1) is 5.92 Å². The monoisotopic (exact) mass is 318 g/mol. The van der Waals surface area contributed by atoms with E-state index in [0.29, 0.717) is 17.2 Å². The van der Waals surface area contributed by atoms with Gasteiger partial charge in [0.1, 0.15) is 5.69 Å². The standard InChI is InChI=1S/C17H26N4O2/c1-12(2)11-20-6-8-21(9-7-20)17(23)14-10-19-16(22)15-13(14)4-3-5-18-15/h10,12,18H,3-9,11H2,1-2H3,(H,19,22). The average Bonchev–Trinajstić information content (AvgIpc) is 2.55. The topological polar surface area (TPSA) is 68.4 Å². The van der Waals surface area contributed by atoms with E-state index in [-0.39, 0.29) is 11.5 Å². The van der Waals surface area contributed by atoms with Crippen LogP contribution in [0.25, 0.3) is 0 Å². The van der Waals surface area contributed by atoms with Gasteiger partial charge in [0, 0.05) is 45.5 Å². The molecule has 1 aromatic heterocycles. The number of aromatic amines is 1. The van der Waals surface area contributed by atoms with Gasteiger partial charge >= 0.3 is 0 Å². The van der Waals surface area contributed by atoms with Crippen molar-refractivity contribution in [2.75, 3.05) is 44.6 Å². The number of H-pyrrole nitrogens is 1. The third kappa shape index (κ3) is 3.42. The second-order valence-corrected chi connectivity index (χ2v) is 6.90. The lowest BCUT2D eigenvalue weighted by molar-refractivity contribution is 0.0622. The van der Waals surface area contributed by atoms with Gasteiger partial charge in [-0.05, 0) is 24.3 Å². The van der Waals surface area contributed by atoms with Gasteiger partial charge in [-0.15, -0.1) is 0 Å². The first-order valence-corrected chi connectivity index (χ1v) is 8.56. The number of hydrogen-bond donors (Lipinski definition) is 2. The summed E-state index contributed by atoms with van der Waals surface area (Å²) in [6.07, 6.45) is 3.34. The molecular weight excluding hydrogens is 292 g/mol. The number of nitrogens with one attached hydrogen (secondary N) is 2. The van der Waals surface area contributed by atoms with E-state index in [1.165, 1.54) is 0 Å². The highest BCUT2D eigenvalue weighted by molar-refractivity contribution is 5.97. The van der Waals surface area contributed by atoms with E-state index in [1.807, 2.05) is 4.90 Å². The number of fused-ring (bicyclic) bond motifs is 1. The van der Waals surface area contributed by atoms with Crippen molar-refractivity contribution in [2.45, 2.75) is 26.7 Å². The molecule has 126 valence electrons. The summed E-state index contributed by atoms with van der Waals surface area (Å²) in [5.74, 6) is 0.694. The van der Waals surface area contributed by atoms with Gasteiger partial charge in [0.15, 0.2) is 0 Å². The third-order valence-corrected chi connectivity index (χ3v) is 4.62. The second kappa shape index (κ2) is 6.74. The summed E-state index contributed by atoms with van der Waals surface area (Å²) >= 11 is 0. The molecule has 0 aliphatic carbocycles. The fraction of sp³-hybridized carbons (Fsp3) is 0.647. The van der Waals surface area contributed by atoms with Gasteiger partial charge in [-0.2, -0.15) is 0 Å². The SMILES string of the molecule is CC(C)CN1CCN(C(=O)c2c[nH]c(=O)c3c2CCCN3)CC1. The summed E-state index contributed by atoms with van der Waals surface area (Å²) in [5, 5.41) is 3.14. The van der Waals surface area contributed by atoms with Crippen LogP contribution in [-0.2, 0) is 6.42 Å². The van der Waals surface area contributed by atoms with Crippen molar-refractivity contribution in [3.63, 3.8) is 0 Å². The Morgan fingerprint density at radius 3 is 2.70 bits per heavy atom. The smallest absolute Gasteiger partial charge is 0.271 e. The average molecular weight is 318 g/mol. The molecule has 1 aromatic rings. The second-order valence-electron chi connectivity index (χ2n) is 6.90. The highest BCUT2D eigenvalue weighted by atomic mass is 16.2. The van der Waals surface area contributed by atoms with Gasteiger partial charge < -0.3 is 15.2 Å². The number of aromatic nitrogens is 1. The van der Waals surface area contributed by atoms with Crippen LogP contribution in [0.3, 0.4) is 0 Å². The molecule has 2 aliphatic heterocycles. The Hall–Kier alpha value is -1.82. The van der Waals surface area contributed by atoms with Crippen molar-refractivity contribution in [1.82, 2.24) is 14.8 Å². The van der Waals surface area contributed by atoms with Crippen molar-refractivity contribution < 1.29 is 4.79 Å². The van der Waals surface area contributed by atoms with E-state index in [0.717, 1.165) is 57.7 Å². The quantitative estimate of drug-likeness (QED) is 0.877. The Kier molecular flexibility index (Phi) is 4.71. The Morgan fingerprint density at radius 2 is 2.00 bits per heavy atom. The Bertz CT molecular complexity index is 630. The number of carbonyl (C=O) groups excluding carboxylic acids is 1. The lowest BCUT2D eigenvalue weighted by atomic mass is 9.99. The molecule has 3 heterocycles. The Morgan fingerprint density at radius 1 is 1.26 bits per heavy atom. The number of carbonyl (C=O) groups is 1. The summed E-state index contributed by atoms with van der Waals surface area (Å²) in [7, 11) is 0. The number of amides is 1. The van der Waals surface area contributed by atoms with Crippen LogP contribution in [0.5, 0.6) is 0 Å². The predicted octanol–water partition coefficient (Wildman–Crippen LogP) is 1.15. The van der Waals surface area contributed by atoms with Crippen LogP contribution in [0.2, 0.25) is 0 Å². The molecule has 0 radical (unpaired) electrons. The largest absolute Gasteiger partial charge is 0.380 e. The molecule has 0 saturated carbocycles. The molecule has 1 saturated heterocycles. The minimum atomic E-state index is -0.127. The van der Waals surface area contributed by atoms with Gasteiger partial charge in [0.25, 0.3) is 11.5 Å². The van der Waals surface area contributed by atoms with E-state index < -0.39 is 0 Å². The maximum absolute atomic E-state index is 12.9. The molecule has 6 heteroatoms. The van der Waals surface area contributed by atoms with E-state index in [4.69, 9.17) is 0 Å². The van der Waals surface area contributed by atoms with Gasteiger partial charge in [-0.1, -0.05) is 13.8 Å². The van der Waals surface area contributed by atoms with Crippen LogP contribution < -0.4 is 10.9 Å². The first kappa shape index (κ1) is 16.1. The van der Waals surface area contributed by atoms with Crippen LogP contribution in [0.15, 0.2) is 11.0 Å². The van der Waals surface area contributed by atoms with Gasteiger partial charge in [0.2, 0.25) is 0 Å². The molecule has 0 aromatic carbocycles. The zero-order valence-corrected chi connectivity index (χ0v) is 14.0. The molecule has 6 nitrogen and oxygen atoms in total. The number of piperazine rings is 1. The molecule has 23 heavy (non-hydrogen) atoms. The number of hydrogen-bond acceptors (Lipinski definition) is 4. The molecule has 0 spiro atoms. The summed E-state index contributed by atoms with van der Waals surface area (Å²) in [6.45, 7) is 9.68. The summed E-state index contributed by atoms with van der Waals surface area (Å²) < 4.78 is 0. The van der Waals surface area contributed by atoms with E-state index in [1.54, 1.807) is 6.20 Å². The fourth-order valence-corrected chi connectivity index (χ4v) is 3.51. The molecule has 1 amide bonds. The molecular formula is C17H26N4O2. The number of nitrogens with zero attached hydrogens (tertiary/aromatic N) is 2. The van der Waals surface area contributed by atoms with Gasteiger partial charge in [-0.25, -0.2) is 0 Å². The molecule has 0 unspecified atom stereocenters. The summed E-state index contributed by atoms with van der Waals surface area (Å²) in [4.78, 5) is 31.8. The molecule has 2 N–H and O–H groups in total. The molecule has 0 bridgehead atoms. The maximum atomic E-state index is 12.9. The predicted molar refractivity (Wildman–Crippen MR) is 91.1 cm³/mol. The van der Waals surface area contributed by atoms with Gasteiger partial charge in [0.05, 0.1) is 5.56 Å². The van der Waals surface area contributed by atoms with Crippen molar-refractivity contribution in [3.05, 3.63) is 27.7 Å². The Balaban J connectivity index is 1.73. The minimum absolute atomic E-state index is 0.0467. The summed E-state index contributed by atoms with van der Waals surface area (Å²) in [6, 6.07) is 0. The van der Waals surface area contributed by atoms with Crippen molar-refractivity contribution in [3.8, 4) is 0 Å². The van der Waals surface area contributed by atoms with Crippen LogP contribution in [-0.4, -0.2) is 60.0 Å². The first-order chi connectivity index (χ1) is 11.1. The molecule has 3 rings (SSSR count). The van der Waals surface area contributed by atoms with Gasteiger partial charge in [-0.3, -0.25) is 14.5 Å².